The van der Waals surface area contributed by atoms with E-state index in [2.05, 4.69) is 9.97 Å². The fraction of sp³-hybridized carbons (Fsp3) is 0.350. The number of rotatable bonds is 4. The minimum absolute atomic E-state index is 0.0189. The van der Waals surface area contributed by atoms with E-state index in [4.69, 9.17) is 16.3 Å². The minimum atomic E-state index is -0.0853. The van der Waals surface area contributed by atoms with Gasteiger partial charge in [-0.15, -0.1) is 0 Å². The summed E-state index contributed by atoms with van der Waals surface area (Å²) < 4.78 is 5.92. The summed E-state index contributed by atoms with van der Waals surface area (Å²) in [6.45, 7) is 5.11. The molecule has 1 aliphatic rings. The summed E-state index contributed by atoms with van der Waals surface area (Å²) in [5.41, 5.74) is 2.69. The number of piperidine rings is 1. The predicted molar refractivity (Wildman–Crippen MR) is 102 cm³/mol. The van der Waals surface area contributed by atoms with Gasteiger partial charge in [0.15, 0.2) is 0 Å². The molecule has 0 radical (unpaired) electrons. The molecule has 1 aromatic heterocycles. The second kappa shape index (κ2) is 8.32. The molecule has 26 heavy (non-hydrogen) atoms. The number of likely N-dealkylation sites (tertiary alicyclic amines) is 1. The van der Waals surface area contributed by atoms with Crippen molar-refractivity contribution in [2.75, 3.05) is 13.1 Å². The van der Waals surface area contributed by atoms with Crippen LogP contribution in [-0.2, 0) is 4.79 Å². The Kier molecular flexibility index (Phi) is 5.89. The van der Waals surface area contributed by atoms with Gasteiger partial charge in [0.25, 0.3) is 0 Å². The van der Waals surface area contributed by atoms with E-state index in [1.165, 1.54) is 0 Å². The molecule has 5 nitrogen and oxygen atoms in total. The fourth-order valence-corrected chi connectivity index (χ4v) is 3.10. The van der Waals surface area contributed by atoms with Crippen molar-refractivity contribution in [1.29, 1.82) is 0 Å². The number of aryl methyl sites for hydroxylation is 2. The lowest BCUT2D eigenvalue weighted by Crippen LogP contribution is -2.44. The molecular weight excluding hydrogens is 350 g/mol. The molecule has 1 unspecified atom stereocenters. The average molecular weight is 372 g/mol. The van der Waals surface area contributed by atoms with Crippen LogP contribution in [0.4, 0.5) is 0 Å². The maximum absolute atomic E-state index is 12.5. The zero-order chi connectivity index (χ0) is 18.5. The molecule has 1 amide bonds. The van der Waals surface area contributed by atoms with Crippen molar-refractivity contribution in [1.82, 2.24) is 14.9 Å². The quantitative estimate of drug-likeness (QED) is 0.766. The maximum atomic E-state index is 12.5. The molecule has 0 N–H and O–H groups in total. The third-order valence-electron chi connectivity index (χ3n) is 4.21. The van der Waals surface area contributed by atoms with Crippen LogP contribution in [0.15, 0.2) is 36.4 Å². The van der Waals surface area contributed by atoms with Gasteiger partial charge in [-0.1, -0.05) is 23.7 Å². The van der Waals surface area contributed by atoms with Crippen LogP contribution in [0, 0.1) is 13.8 Å². The number of hydrogen-bond acceptors (Lipinski definition) is 4. The molecule has 1 aliphatic heterocycles. The highest BCUT2D eigenvalue weighted by Gasteiger charge is 2.24. The van der Waals surface area contributed by atoms with E-state index >= 15 is 0 Å². The lowest BCUT2D eigenvalue weighted by molar-refractivity contribution is -0.128. The smallest absolute Gasteiger partial charge is 0.317 e. The number of ether oxygens (including phenoxy) is 1. The van der Waals surface area contributed by atoms with Crippen LogP contribution in [0.25, 0.3) is 6.08 Å². The summed E-state index contributed by atoms with van der Waals surface area (Å²) in [7, 11) is 0. The van der Waals surface area contributed by atoms with Crippen LogP contribution in [-0.4, -0.2) is 40.0 Å². The molecule has 2 heterocycles. The van der Waals surface area contributed by atoms with Crippen LogP contribution in [0.1, 0.15) is 29.8 Å². The number of hydrogen-bond donors (Lipinski definition) is 0. The average Bonchev–Trinajstić information content (AvgIpc) is 2.60. The Morgan fingerprint density at radius 2 is 1.92 bits per heavy atom. The van der Waals surface area contributed by atoms with Crippen LogP contribution < -0.4 is 4.74 Å². The lowest BCUT2D eigenvalue weighted by atomic mass is 10.1. The van der Waals surface area contributed by atoms with Crippen molar-refractivity contribution in [3.05, 3.63) is 58.4 Å². The molecule has 1 fully saturated rings. The van der Waals surface area contributed by atoms with Crippen molar-refractivity contribution in [2.24, 2.45) is 0 Å². The van der Waals surface area contributed by atoms with Crippen molar-refractivity contribution >= 4 is 23.6 Å². The van der Waals surface area contributed by atoms with E-state index in [0.717, 1.165) is 36.3 Å². The maximum Gasteiger partial charge on any atom is 0.317 e. The van der Waals surface area contributed by atoms with Crippen LogP contribution in [0.2, 0.25) is 5.02 Å². The highest BCUT2D eigenvalue weighted by atomic mass is 35.5. The molecule has 1 aromatic carbocycles. The topological polar surface area (TPSA) is 55.3 Å². The van der Waals surface area contributed by atoms with E-state index in [0.29, 0.717) is 17.6 Å². The highest BCUT2D eigenvalue weighted by Crippen LogP contribution is 2.17. The van der Waals surface area contributed by atoms with Crippen molar-refractivity contribution < 1.29 is 9.53 Å². The number of carbonyl (C=O) groups excluding carboxylic acids is 1. The van der Waals surface area contributed by atoms with Gasteiger partial charge < -0.3 is 9.64 Å². The zero-order valence-corrected chi connectivity index (χ0v) is 15.7. The van der Waals surface area contributed by atoms with E-state index in [1.807, 2.05) is 36.9 Å². The Hall–Kier alpha value is -2.40. The number of benzene rings is 1. The molecule has 2 aromatic rings. The number of nitrogens with zero attached hydrogens (tertiary/aromatic N) is 3. The largest absolute Gasteiger partial charge is 0.458 e. The molecule has 0 bridgehead atoms. The van der Waals surface area contributed by atoms with E-state index in [-0.39, 0.29) is 12.0 Å². The molecule has 136 valence electrons. The molecule has 0 spiro atoms. The van der Waals surface area contributed by atoms with Gasteiger partial charge >= 0.3 is 6.01 Å². The van der Waals surface area contributed by atoms with Crippen molar-refractivity contribution in [3.63, 3.8) is 0 Å². The normalized spacial score (nSPS) is 17.5. The van der Waals surface area contributed by atoms with E-state index < -0.39 is 0 Å². The van der Waals surface area contributed by atoms with Crippen molar-refractivity contribution in [3.8, 4) is 6.01 Å². The third kappa shape index (κ3) is 5.05. The number of amides is 1. The summed E-state index contributed by atoms with van der Waals surface area (Å²) in [6, 6.07) is 9.67. The first-order chi connectivity index (χ1) is 12.5. The van der Waals surface area contributed by atoms with Crippen molar-refractivity contribution in [2.45, 2.75) is 32.8 Å². The monoisotopic (exact) mass is 371 g/mol. The Bertz CT molecular complexity index is 785. The van der Waals surface area contributed by atoms with Gasteiger partial charge in [-0.3, -0.25) is 4.79 Å². The van der Waals surface area contributed by atoms with Gasteiger partial charge in [-0.05, 0) is 56.5 Å². The highest BCUT2D eigenvalue weighted by molar-refractivity contribution is 6.30. The van der Waals surface area contributed by atoms with Gasteiger partial charge in [0.1, 0.15) is 6.10 Å². The SMILES string of the molecule is Cc1cc(C)nc(OC2CCCN(C(=O)C=Cc3ccc(Cl)cc3)C2)n1. The lowest BCUT2D eigenvalue weighted by Gasteiger charge is -2.31. The van der Waals surface area contributed by atoms with E-state index in [1.54, 1.807) is 24.3 Å². The molecule has 0 aliphatic carbocycles. The van der Waals surface area contributed by atoms with E-state index in [9.17, 15) is 4.79 Å². The summed E-state index contributed by atoms with van der Waals surface area (Å²) in [4.78, 5) is 22.9. The summed E-state index contributed by atoms with van der Waals surface area (Å²) in [6.07, 6.45) is 5.10. The molecule has 1 atom stereocenters. The standard InChI is InChI=1S/C20H22ClN3O2/c1-14-12-15(2)23-20(22-14)26-18-4-3-11-24(13-18)19(25)10-7-16-5-8-17(21)9-6-16/h5-10,12,18H,3-4,11,13H2,1-2H3. The Balaban J connectivity index is 1.60. The van der Waals surface area contributed by atoms with Gasteiger partial charge in [0.2, 0.25) is 5.91 Å². The Morgan fingerprint density at radius 1 is 1.23 bits per heavy atom. The van der Waals surface area contributed by atoms with Gasteiger partial charge in [0, 0.05) is 29.0 Å². The molecule has 6 heteroatoms. The zero-order valence-electron chi connectivity index (χ0n) is 15.0. The first-order valence-electron chi connectivity index (χ1n) is 8.71. The summed E-state index contributed by atoms with van der Waals surface area (Å²) in [5.74, 6) is -0.0189. The fourth-order valence-electron chi connectivity index (χ4n) is 2.98. The summed E-state index contributed by atoms with van der Waals surface area (Å²) >= 11 is 5.87. The van der Waals surface area contributed by atoms with Gasteiger partial charge in [-0.25, -0.2) is 9.97 Å². The Morgan fingerprint density at radius 3 is 2.62 bits per heavy atom. The van der Waals surface area contributed by atoms with Crippen LogP contribution >= 0.6 is 11.6 Å². The second-order valence-corrected chi connectivity index (χ2v) is 6.92. The predicted octanol–water partition coefficient (Wildman–Crippen LogP) is 3.83. The molecule has 3 rings (SSSR count). The first kappa shape index (κ1) is 18.4. The third-order valence-corrected chi connectivity index (χ3v) is 4.46. The van der Waals surface area contributed by atoms with Crippen LogP contribution in [0.3, 0.4) is 0 Å². The van der Waals surface area contributed by atoms with Crippen LogP contribution in [0.5, 0.6) is 6.01 Å². The minimum Gasteiger partial charge on any atom is -0.458 e. The molecule has 0 saturated carbocycles. The number of carbonyl (C=O) groups is 1. The first-order valence-corrected chi connectivity index (χ1v) is 9.09. The number of aromatic nitrogens is 2. The van der Waals surface area contributed by atoms with Gasteiger partial charge in [-0.2, -0.15) is 0 Å². The summed E-state index contributed by atoms with van der Waals surface area (Å²) in [5, 5.41) is 0.679. The number of halogens is 1. The molecule has 1 saturated heterocycles. The second-order valence-electron chi connectivity index (χ2n) is 6.48. The Labute approximate surface area is 158 Å². The molecular formula is C20H22ClN3O2. The van der Waals surface area contributed by atoms with Gasteiger partial charge in [0.05, 0.1) is 6.54 Å².